The molecule has 0 aliphatic carbocycles. The molecule has 1 fully saturated rings. The smallest absolute Gasteiger partial charge is 0.0318 e. The van der Waals surface area contributed by atoms with Crippen molar-refractivity contribution in [1.29, 1.82) is 0 Å². The highest BCUT2D eigenvalue weighted by Crippen LogP contribution is 2.35. The summed E-state index contributed by atoms with van der Waals surface area (Å²) in [6.45, 7) is 4.17. The van der Waals surface area contributed by atoms with Gasteiger partial charge in [0.2, 0.25) is 0 Å². The van der Waals surface area contributed by atoms with E-state index in [0.29, 0.717) is 11.3 Å². The Labute approximate surface area is 102 Å². The number of hydrogen-bond acceptors (Lipinski definition) is 3. The largest absolute Gasteiger partial charge is 0.327 e. The Morgan fingerprint density at radius 3 is 2.80 bits per heavy atom. The molecular weight excluding hydrogens is 222 g/mol. The van der Waals surface area contributed by atoms with E-state index in [1.807, 2.05) is 6.92 Å². The fourth-order valence-corrected chi connectivity index (χ4v) is 5.10. The third-order valence-electron chi connectivity index (χ3n) is 2.70. The molecule has 2 N–H and O–H groups in total. The first-order chi connectivity index (χ1) is 7.29. The highest BCUT2D eigenvalue weighted by molar-refractivity contribution is 8.07. The van der Waals surface area contributed by atoms with Crippen LogP contribution in [0.25, 0.3) is 0 Å². The number of thioether (sulfide) groups is 2. The molecule has 0 bridgehead atoms. The van der Waals surface area contributed by atoms with Crippen molar-refractivity contribution in [3.05, 3.63) is 0 Å². The maximum absolute atomic E-state index is 6.25. The van der Waals surface area contributed by atoms with Crippen molar-refractivity contribution in [3.8, 4) is 11.8 Å². The zero-order valence-electron chi connectivity index (χ0n) is 9.66. The molecule has 3 atom stereocenters. The van der Waals surface area contributed by atoms with Gasteiger partial charge < -0.3 is 5.73 Å². The van der Waals surface area contributed by atoms with Crippen molar-refractivity contribution < 1.29 is 0 Å². The predicted octanol–water partition coefficient (Wildman–Crippen LogP) is 2.74. The topological polar surface area (TPSA) is 26.0 Å². The fraction of sp³-hybridized carbons (Fsp3) is 0.833. The van der Waals surface area contributed by atoms with Crippen LogP contribution >= 0.6 is 23.5 Å². The molecule has 0 amide bonds. The Morgan fingerprint density at radius 2 is 2.13 bits per heavy atom. The van der Waals surface area contributed by atoms with E-state index < -0.39 is 0 Å². The minimum absolute atomic E-state index is 0.327. The van der Waals surface area contributed by atoms with Gasteiger partial charge in [-0.1, -0.05) is 6.92 Å². The normalized spacial score (nSPS) is 27.9. The van der Waals surface area contributed by atoms with Gasteiger partial charge in [0.1, 0.15) is 0 Å². The molecule has 15 heavy (non-hydrogen) atoms. The third-order valence-corrected chi connectivity index (χ3v) is 6.12. The summed E-state index contributed by atoms with van der Waals surface area (Å²) in [7, 11) is 0. The number of nitrogens with two attached hydrogens (primary N) is 1. The minimum atomic E-state index is 0.327. The Balaban J connectivity index is 2.39. The van der Waals surface area contributed by atoms with Gasteiger partial charge in [-0.05, 0) is 19.8 Å². The van der Waals surface area contributed by atoms with Crippen LogP contribution < -0.4 is 5.73 Å². The highest BCUT2D eigenvalue weighted by atomic mass is 32.2. The summed E-state index contributed by atoms with van der Waals surface area (Å²) in [6.07, 6.45) is 3.25. The van der Waals surface area contributed by atoms with Crippen LogP contribution in [0.3, 0.4) is 0 Å². The molecule has 1 heterocycles. The lowest BCUT2D eigenvalue weighted by molar-refractivity contribution is 0.570. The maximum Gasteiger partial charge on any atom is 0.0318 e. The fourth-order valence-electron chi connectivity index (χ4n) is 1.86. The Morgan fingerprint density at radius 1 is 1.40 bits per heavy atom. The van der Waals surface area contributed by atoms with Crippen molar-refractivity contribution in [3.63, 3.8) is 0 Å². The van der Waals surface area contributed by atoms with Crippen molar-refractivity contribution in [2.45, 2.75) is 49.7 Å². The van der Waals surface area contributed by atoms with E-state index >= 15 is 0 Å². The summed E-state index contributed by atoms with van der Waals surface area (Å²) < 4.78 is 0. The van der Waals surface area contributed by atoms with Gasteiger partial charge in [-0.15, -0.1) is 11.8 Å². The van der Waals surface area contributed by atoms with E-state index in [9.17, 15) is 0 Å². The lowest BCUT2D eigenvalue weighted by Gasteiger charge is -2.33. The van der Waals surface area contributed by atoms with Crippen LogP contribution in [0.15, 0.2) is 0 Å². The molecule has 1 aliphatic heterocycles. The molecule has 1 saturated heterocycles. The quantitative estimate of drug-likeness (QED) is 0.769. The number of hydrogen-bond donors (Lipinski definition) is 1. The van der Waals surface area contributed by atoms with E-state index in [1.54, 1.807) is 0 Å². The van der Waals surface area contributed by atoms with Crippen LogP contribution in [-0.4, -0.2) is 28.0 Å². The van der Waals surface area contributed by atoms with Crippen molar-refractivity contribution in [2.24, 2.45) is 5.73 Å². The lowest BCUT2D eigenvalue weighted by atomic mass is 10.0. The monoisotopic (exact) mass is 243 g/mol. The van der Waals surface area contributed by atoms with Crippen LogP contribution in [-0.2, 0) is 0 Å². The summed E-state index contributed by atoms with van der Waals surface area (Å²) >= 11 is 4.17. The van der Waals surface area contributed by atoms with Gasteiger partial charge in [0.25, 0.3) is 0 Å². The van der Waals surface area contributed by atoms with E-state index in [2.05, 4.69) is 42.3 Å². The van der Waals surface area contributed by atoms with Gasteiger partial charge in [-0.2, -0.15) is 23.5 Å². The van der Waals surface area contributed by atoms with Gasteiger partial charge in [0.05, 0.1) is 0 Å². The van der Waals surface area contributed by atoms with Crippen molar-refractivity contribution >= 4 is 23.5 Å². The zero-order chi connectivity index (χ0) is 11.1. The number of rotatable bonds is 4. The second kappa shape index (κ2) is 7.49. The van der Waals surface area contributed by atoms with Gasteiger partial charge >= 0.3 is 0 Å². The van der Waals surface area contributed by atoms with E-state index in [0.717, 1.165) is 18.1 Å². The predicted molar refractivity (Wildman–Crippen MR) is 73.4 cm³/mol. The van der Waals surface area contributed by atoms with Crippen molar-refractivity contribution in [2.75, 3.05) is 11.5 Å². The molecule has 0 spiro atoms. The molecule has 0 aromatic heterocycles. The van der Waals surface area contributed by atoms with Gasteiger partial charge in [-0.3, -0.25) is 0 Å². The first kappa shape index (κ1) is 13.3. The molecule has 0 radical (unpaired) electrons. The molecule has 0 saturated carbocycles. The molecule has 1 nitrogen and oxygen atoms in total. The van der Waals surface area contributed by atoms with Crippen LogP contribution in [0.4, 0.5) is 0 Å². The first-order valence-electron chi connectivity index (χ1n) is 5.68. The van der Waals surface area contributed by atoms with E-state index in [1.165, 1.54) is 17.9 Å². The minimum Gasteiger partial charge on any atom is -0.327 e. The summed E-state index contributed by atoms with van der Waals surface area (Å²) in [5.74, 6) is 8.59. The van der Waals surface area contributed by atoms with Crippen molar-refractivity contribution in [1.82, 2.24) is 0 Å². The second-order valence-corrected chi connectivity index (χ2v) is 6.42. The average molecular weight is 243 g/mol. The van der Waals surface area contributed by atoms with Crippen LogP contribution in [0.2, 0.25) is 0 Å². The standard InChI is InChI=1S/C12H21NS2/c1-3-5-6-7-10(13)12-11(4-2)14-8-9-15-12/h10-12H,4,6-9,13H2,1-2H3. The highest BCUT2D eigenvalue weighted by Gasteiger charge is 2.29. The maximum atomic E-state index is 6.25. The first-order valence-corrected chi connectivity index (χ1v) is 7.77. The van der Waals surface area contributed by atoms with Crippen LogP contribution in [0, 0.1) is 11.8 Å². The summed E-state index contributed by atoms with van der Waals surface area (Å²) in [5.41, 5.74) is 6.25. The van der Waals surface area contributed by atoms with Crippen LogP contribution in [0.5, 0.6) is 0 Å². The Hall–Kier alpha value is 0.220. The third kappa shape index (κ3) is 4.30. The molecule has 3 unspecified atom stereocenters. The van der Waals surface area contributed by atoms with Gasteiger partial charge in [0, 0.05) is 34.5 Å². The molecule has 1 rings (SSSR count). The SMILES string of the molecule is CC#CCCC(N)C1SCCSC1CC. The lowest BCUT2D eigenvalue weighted by Crippen LogP contribution is -2.41. The molecule has 3 heteroatoms. The van der Waals surface area contributed by atoms with E-state index in [-0.39, 0.29) is 0 Å². The van der Waals surface area contributed by atoms with Crippen LogP contribution in [0.1, 0.15) is 33.1 Å². The molecular formula is C12H21NS2. The summed E-state index contributed by atoms with van der Waals surface area (Å²) in [6, 6.07) is 0.327. The summed E-state index contributed by atoms with van der Waals surface area (Å²) in [4.78, 5) is 0. The molecule has 0 aromatic rings. The molecule has 0 aromatic carbocycles. The Kier molecular flexibility index (Phi) is 6.63. The average Bonchev–Trinajstić information content (AvgIpc) is 2.29. The summed E-state index contributed by atoms with van der Waals surface area (Å²) in [5, 5.41) is 1.40. The zero-order valence-corrected chi connectivity index (χ0v) is 11.3. The Bertz CT molecular complexity index is 232. The van der Waals surface area contributed by atoms with Gasteiger partial charge in [-0.25, -0.2) is 0 Å². The van der Waals surface area contributed by atoms with E-state index in [4.69, 9.17) is 5.73 Å². The van der Waals surface area contributed by atoms with Gasteiger partial charge in [0.15, 0.2) is 0 Å². The second-order valence-electron chi connectivity index (χ2n) is 3.78. The molecule has 86 valence electrons. The molecule has 1 aliphatic rings.